The van der Waals surface area contributed by atoms with Crippen LogP contribution < -0.4 is 5.32 Å². The van der Waals surface area contributed by atoms with Crippen LogP contribution in [0, 0.1) is 12.8 Å². The number of rotatable bonds is 5. The van der Waals surface area contributed by atoms with E-state index in [1.807, 2.05) is 48.4 Å². The Morgan fingerprint density at radius 2 is 1.85 bits per heavy atom. The fourth-order valence-electron chi connectivity index (χ4n) is 4.90. The van der Waals surface area contributed by atoms with E-state index in [0.29, 0.717) is 5.92 Å². The normalized spacial score (nSPS) is 21.4. The van der Waals surface area contributed by atoms with Crippen LogP contribution in [-0.4, -0.2) is 50.1 Å². The number of aromatic nitrogens is 3. The van der Waals surface area contributed by atoms with Crippen molar-refractivity contribution in [3.05, 3.63) is 53.3 Å². The molecule has 1 aliphatic carbocycles. The number of amides is 1. The molecule has 0 aromatic carbocycles. The maximum Gasteiger partial charge on any atom is 0.225 e. The molecule has 5 rings (SSSR count). The second-order valence-electron chi connectivity index (χ2n) is 9.42. The Balaban J connectivity index is 1.20. The minimum absolute atomic E-state index is 0.0911. The molecule has 0 radical (unpaired) electrons. The van der Waals surface area contributed by atoms with Crippen molar-refractivity contribution in [1.82, 2.24) is 19.9 Å². The third-order valence-corrected chi connectivity index (χ3v) is 8.08. The van der Waals surface area contributed by atoms with Crippen molar-refractivity contribution >= 4 is 28.9 Å². The van der Waals surface area contributed by atoms with E-state index >= 15 is 0 Å². The van der Waals surface area contributed by atoms with Crippen molar-refractivity contribution in [1.29, 1.82) is 0 Å². The minimum Gasteiger partial charge on any atom is -0.393 e. The monoisotopic (exact) mass is 477 g/mol. The van der Waals surface area contributed by atoms with E-state index in [1.165, 1.54) is 0 Å². The lowest BCUT2D eigenvalue weighted by atomic mass is 9.86. The first kappa shape index (κ1) is 22.9. The summed E-state index contributed by atoms with van der Waals surface area (Å²) in [5.74, 6) is 2.29. The number of likely N-dealkylation sites (tertiary alicyclic amines) is 1. The molecule has 178 valence electrons. The molecule has 0 unspecified atom stereocenters. The highest BCUT2D eigenvalue weighted by Gasteiger charge is 2.32. The highest BCUT2D eigenvalue weighted by atomic mass is 32.1. The van der Waals surface area contributed by atoms with E-state index in [9.17, 15) is 9.90 Å². The van der Waals surface area contributed by atoms with Gasteiger partial charge in [-0.25, -0.2) is 15.0 Å². The third-order valence-electron chi connectivity index (χ3n) is 6.90. The number of carbonyl (C=O) groups is 1. The van der Waals surface area contributed by atoms with Gasteiger partial charge in [0, 0.05) is 37.3 Å². The van der Waals surface area contributed by atoms with Gasteiger partial charge in [0.1, 0.15) is 11.6 Å². The predicted molar refractivity (Wildman–Crippen MR) is 134 cm³/mol. The van der Waals surface area contributed by atoms with Crippen LogP contribution in [0.25, 0.3) is 10.6 Å². The van der Waals surface area contributed by atoms with Gasteiger partial charge in [0.2, 0.25) is 5.91 Å². The van der Waals surface area contributed by atoms with Crippen LogP contribution in [0.2, 0.25) is 0 Å². The maximum absolute atomic E-state index is 12.9. The predicted octanol–water partition coefficient (Wildman–Crippen LogP) is 4.91. The van der Waals surface area contributed by atoms with Gasteiger partial charge in [-0.3, -0.25) is 4.79 Å². The van der Waals surface area contributed by atoms with Crippen LogP contribution in [0.5, 0.6) is 0 Å². The lowest BCUT2D eigenvalue weighted by Crippen LogP contribution is -2.42. The molecule has 8 heteroatoms. The Bertz CT molecular complexity index is 1130. The van der Waals surface area contributed by atoms with Crippen molar-refractivity contribution < 1.29 is 9.90 Å². The molecule has 2 N–H and O–H groups in total. The zero-order valence-electron chi connectivity index (χ0n) is 19.5. The maximum atomic E-state index is 12.9. The molecule has 0 bridgehead atoms. The van der Waals surface area contributed by atoms with Gasteiger partial charge < -0.3 is 15.3 Å². The number of aryl methyl sites for hydroxylation is 1. The van der Waals surface area contributed by atoms with Crippen molar-refractivity contribution in [2.45, 2.75) is 57.5 Å². The van der Waals surface area contributed by atoms with E-state index in [-0.39, 0.29) is 17.9 Å². The van der Waals surface area contributed by atoms with Crippen LogP contribution in [0.1, 0.15) is 55.0 Å². The van der Waals surface area contributed by atoms with Crippen LogP contribution in [-0.2, 0) is 4.79 Å². The lowest BCUT2D eigenvalue weighted by molar-refractivity contribution is -0.138. The average Bonchev–Trinajstić information content (AvgIpc) is 3.35. The van der Waals surface area contributed by atoms with Crippen LogP contribution in [0.4, 0.5) is 11.6 Å². The summed E-state index contributed by atoms with van der Waals surface area (Å²) in [6.45, 7) is 3.62. The molecular weight excluding hydrogens is 446 g/mol. The molecule has 1 saturated carbocycles. The summed E-state index contributed by atoms with van der Waals surface area (Å²) in [7, 11) is 0. The zero-order valence-corrected chi connectivity index (χ0v) is 20.3. The largest absolute Gasteiger partial charge is 0.393 e. The number of thiazole rings is 1. The zero-order chi connectivity index (χ0) is 23.5. The molecule has 7 nitrogen and oxygen atoms in total. The molecular formula is C26H31N5O2S. The molecule has 0 spiro atoms. The van der Waals surface area contributed by atoms with Gasteiger partial charge in [-0.05, 0) is 75.3 Å². The van der Waals surface area contributed by atoms with Gasteiger partial charge in [-0.2, -0.15) is 0 Å². The first-order chi connectivity index (χ1) is 16.5. The van der Waals surface area contributed by atoms with E-state index in [2.05, 4.69) is 10.3 Å². The smallest absolute Gasteiger partial charge is 0.225 e. The fraction of sp³-hybridized carbons (Fsp3) is 0.462. The summed E-state index contributed by atoms with van der Waals surface area (Å²) in [4.78, 5) is 29.8. The number of aliphatic hydroxyl groups excluding tert-OH is 1. The average molecular weight is 478 g/mol. The summed E-state index contributed by atoms with van der Waals surface area (Å²) in [6.07, 6.45) is 8.51. The van der Waals surface area contributed by atoms with Crippen LogP contribution in [0.15, 0.2) is 42.7 Å². The summed E-state index contributed by atoms with van der Waals surface area (Å²) < 4.78 is 0. The van der Waals surface area contributed by atoms with Crippen LogP contribution >= 0.6 is 11.3 Å². The lowest BCUT2D eigenvalue weighted by Gasteiger charge is -2.35. The fourth-order valence-corrected chi connectivity index (χ4v) is 5.96. The van der Waals surface area contributed by atoms with Gasteiger partial charge in [0.05, 0.1) is 21.7 Å². The number of aliphatic hydroxyl groups is 1. The topological polar surface area (TPSA) is 91.2 Å². The minimum atomic E-state index is -0.223. The number of piperidine rings is 1. The number of nitrogens with zero attached hydrogens (tertiary/aromatic N) is 4. The Hall–Kier alpha value is -2.84. The van der Waals surface area contributed by atoms with Crippen molar-refractivity contribution in [3.8, 4) is 10.6 Å². The molecule has 34 heavy (non-hydrogen) atoms. The Kier molecular flexibility index (Phi) is 6.87. The highest BCUT2D eigenvalue weighted by Crippen LogP contribution is 2.36. The van der Waals surface area contributed by atoms with Gasteiger partial charge in [0.15, 0.2) is 0 Å². The Morgan fingerprint density at radius 1 is 1.06 bits per heavy atom. The van der Waals surface area contributed by atoms with Crippen LogP contribution in [0.3, 0.4) is 0 Å². The summed E-state index contributed by atoms with van der Waals surface area (Å²) >= 11 is 1.70. The molecule has 3 aromatic rings. The van der Waals surface area contributed by atoms with Crippen molar-refractivity contribution in [3.63, 3.8) is 0 Å². The molecule has 4 heterocycles. The molecule has 1 amide bonds. The van der Waals surface area contributed by atoms with Gasteiger partial charge in [-0.15, -0.1) is 11.3 Å². The first-order valence-corrected chi connectivity index (χ1v) is 13.0. The number of anilines is 2. The number of carbonyl (C=O) groups excluding carboxylic acids is 1. The molecule has 1 aliphatic heterocycles. The second kappa shape index (κ2) is 10.2. The molecule has 3 aromatic heterocycles. The number of hydrogen-bond acceptors (Lipinski definition) is 7. The molecule has 1 saturated heterocycles. The standard InChI is InChI=1S/C26H31N5O2S/c1-17-9-12-27-24(15-17)30-23-4-2-3-21(29-23)22-16-28-25(34-22)18-10-13-31(14-11-18)26(33)19-5-7-20(32)8-6-19/h2-4,9,12,15-16,18-20,32H,5-8,10-11,13-14H2,1H3,(H,27,29,30). The summed E-state index contributed by atoms with van der Waals surface area (Å²) in [5, 5.41) is 14.1. The number of hydrogen-bond donors (Lipinski definition) is 2. The van der Waals surface area contributed by atoms with E-state index < -0.39 is 0 Å². The second-order valence-corrected chi connectivity index (χ2v) is 10.5. The Labute approximate surface area is 204 Å². The molecule has 2 aliphatic rings. The molecule has 0 atom stereocenters. The third kappa shape index (κ3) is 5.28. The Morgan fingerprint density at radius 3 is 2.62 bits per heavy atom. The quantitative estimate of drug-likeness (QED) is 0.543. The summed E-state index contributed by atoms with van der Waals surface area (Å²) in [6, 6.07) is 9.90. The highest BCUT2D eigenvalue weighted by molar-refractivity contribution is 7.15. The van der Waals surface area contributed by atoms with Gasteiger partial charge >= 0.3 is 0 Å². The number of pyridine rings is 2. The van der Waals surface area contributed by atoms with E-state index in [0.717, 1.165) is 84.4 Å². The van der Waals surface area contributed by atoms with Crippen molar-refractivity contribution in [2.75, 3.05) is 18.4 Å². The van der Waals surface area contributed by atoms with E-state index in [1.54, 1.807) is 17.5 Å². The SMILES string of the molecule is Cc1ccnc(Nc2cccc(-c3cnc(C4CCN(C(=O)C5CCC(O)CC5)CC4)s3)n2)c1. The first-order valence-electron chi connectivity index (χ1n) is 12.1. The van der Waals surface area contributed by atoms with Gasteiger partial charge in [-0.1, -0.05) is 6.07 Å². The molecule has 2 fully saturated rings. The van der Waals surface area contributed by atoms with Gasteiger partial charge in [0.25, 0.3) is 0 Å². The number of nitrogens with one attached hydrogen (secondary N) is 1. The van der Waals surface area contributed by atoms with E-state index in [4.69, 9.17) is 9.97 Å². The summed E-state index contributed by atoms with van der Waals surface area (Å²) in [5.41, 5.74) is 2.04. The van der Waals surface area contributed by atoms with Crippen molar-refractivity contribution in [2.24, 2.45) is 5.92 Å².